The van der Waals surface area contributed by atoms with E-state index in [2.05, 4.69) is 23.0 Å². The van der Waals surface area contributed by atoms with Crippen LogP contribution in [0.4, 0.5) is 5.69 Å². The summed E-state index contributed by atoms with van der Waals surface area (Å²) < 4.78 is 26.9. The number of carbonyl (C=O) groups is 1. The van der Waals surface area contributed by atoms with Crippen molar-refractivity contribution in [3.8, 4) is 0 Å². The zero-order valence-electron chi connectivity index (χ0n) is 16.2. The third-order valence-corrected chi connectivity index (χ3v) is 6.82. The number of benzene rings is 1. The number of thiophene rings is 1. The lowest BCUT2D eigenvalue weighted by atomic mass is 10.2. The van der Waals surface area contributed by atoms with E-state index in [1.54, 1.807) is 37.3 Å². The van der Waals surface area contributed by atoms with E-state index in [0.717, 1.165) is 13.1 Å². The zero-order chi connectivity index (χ0) is 20.0. The predicted octanol–water partition coefficient (Wildman–Crippen LogP) is 1.87. The maximum atomic E-state index is 12.6. The van der Waals surface area contributed by atoms with Crippen LogP contribution in [0.25, 0.3) is 0 Å². The quantitative estimate of drug-likeness (QED) is 0.590. The Kier molecular flexibility index (Phi) is 7.55. The topological polar surface area (TPSA) is 79.7 Å². The van der Waals surface area contributed by atoms with Crippen molar-refractivity contribution in [2.75, 3.05) is 11.9 Å². The first-order chi connectivity index (χ1) is 12.7. The molecule has 148 valence electrons. The third-order valence-electron chi connectivity index (χ3n) is 4.26. The Bertz CT molecular complexity index is 832. The number of likely N-dealkylation sites (N-methyl/N-ethyl adjacent to an activating group) is 1. The summed E-state index contributed by atoms with van der Waals surface area (Å²) in [6.07, 6.45) is 0. The molecule has 0 aliphatic carbocycles. The minimum atomic E-state index is -3.53. The Hall–Kier alpha value is -1.74. The lowest BCUT2D eigenvalue weighted by molar-refractivity contribution is -0.925. The second-order valence-electron chi connectivity index (χ2n) is 6.78. The van der Waals surface area contributed by atoms with E-state index in [1.807, 2.05) is 18.4 Å². The molecule has 1 unspecified atom stereocenters. The largest absolute Gasteiger partial charge is 0.321 e. The van der Waals surface area contributed by atoms with Crippen molar-refractivity contribution >= 4 is 33.0 Å². The molecule has 0 aliphatic rings. The van der Waals surface area contributed by atoms with Gasteiger partial charge in [-0.3, -0.25) is 4.79 Å². The van der Waals surface area contributed by atoms with E-state index in [-0.39, 0.29) is 22.9 Å². The van der Waals surface area contributed by atoms with E-state index in [1.165, 1.54) is 21.9 Å². The Morgan fingerprint density at radius 2 is 1.81 bits per heavy atom. The summed E-state index contributed by atoms with van der Waals surface area (Å²) in [5.41, 5.74) is 0.585. The number of sulfonamides is 1. The fourth-order valence-corrected chi connectivity index (χ4v) is 4.76. The number of hydrogen-bond acceptors (Lipinski definition) is 4. The first-order valence-corrected chi connectivity index (χ1v) is 11.4. The van der Waals surface area contributed by atoms with Crippen LogP contribution in [-0.2, 0) is 21.4 Å². The Morgan fingerprint density at radius 1 is 1.15 bits per heavy atom. The van der Waals surface area contributed by atoms with Gasteiger partial charge in [0.25, 0.3) is 5.91 Å². The Morgan fingerprint density at radius 3 is 2.33 bits per heavy atom. The number of hydrogen-bond donors (Lipinski definition) is 3. The second kappa shape index (κ2) is 9.45. The molecule has 0 fully saturated rings. The van der Waals surface area contributed by atoms with Crippen LogP contribution in [0.1, 0.15) is 32.6 Å². The summed E-state index contributed by atoms with van der Waals surface area (Å²) in [6.45, 7) is 9.16. The molecule has 0 saturated carbocycles. The summed E-state index contributed by atoms with van der Waals surface area (Å²) in [5, 5.41) is 4.92. The normalized spacial score (nSPS) is 14.1. The fourth-order valence-electron chi connectivity index (χ4n) is 2.75. The highest BCUT2D eigenvalue weighted by molar-refractivity contribution is 7.89. The van der Waals surface area contributed by atoms with Crippen molar-refractivity contribution in [3.05, 3.63) is 46.7 Å². The molecule has 8 heteroatoms. The van der Waals surface area contributed by atoms with Gasteiger partial charge in [-0.1, -0.05) is 6.07 Å². The van der Waals surface area contributed by atoms with Gasteiger partial charge in [-0.15, -0.1) is 11.3 Å². The maximum absolute atomic E-state index is 12.6. The van der Waals surface area contributed by atoms with E-state index >= 15 is 0 Å². The van der Waals surface area contributed by atoms with Gasteiger partial charge in [0.05, 0.1) is 16.3 Å². The first-order valence-electron chi connectivity index (χ1n) is 9.03. The van der Waals surface area contributed by atoms with Crippen molar-refractivity contribution < 1.29 is 18.1 Å². The number of quaternary nitrogens is 1. The average Bonchev–Trinajstić information content (AvgIpc) is 3.11. The first kappa shape index (κ1) is 21.6. The van der Waals surface area contributed by atoms with Crippen molar-refractivity contribution in [1.29, 1.82) is 0 Å². The summed E-state index contributed by atoms with van der Waals surface area (Å²) in [5.74, 6) is -0.0840. The molecule has 3 N–H and O–H groups in total. The van der Waals surface area contributed by atoms with Crippen LogP contribution in [0.5, 0.6) is 0 Å². The highest BCUT2D eigenvalue weighted by Gasteiger charge is 2.24. The third kappa shape index (κ3) is 6.14. The van der Waals surface area contributed by atoms with Gasteiger partial charge < -0.3 is 10.2 Å². The number of carbonyl (C=O) groups excluding carboxylic acids is 1. The predicted molar refractivity (Wildman–Crippen MR) is 110 cm³/mol. The van der Waals surface area contributed by atoms with Crippen LogP contribution in [0.3, 0.4) is 0 Å². The Balaban J connectivity index is 2.02. The smallest absolute Gasteiger partial charge is 0.282 e. The molecule has 1 heterocycles. The summed E-state index contributed by atoms with van der Waals surface area (Å²) in [4.78, 5) is 15.2. The molecule has 0 spiro atoms. The molecule has 0 aliphatic heterocycles. The van der Waals surface area contributed by atoms with E-state index < -0.39 is 10.0 Å². The summed E-state index contributed by atoms with van der Waals surface area (Å²) in [6, 6.07) is 9.93. The monoisotopic (exact) mass is 410 g/mol. The van der Waals surface area contributed by atoms with Gasteiger partial charge in [-0.05, 0) is 63.4 Å². The van der Waals surface area contributed by atoms with Crippen LogP contribution < -0.4 is 14.9 Å². The highest BCUT2D eigenvalue weighted by atomic mass is 32.2. The van der Waals surface area contributed by atoms with Gasteiger partial charge in [0.1, 0.15) is 6.54 Å². The zero-order valence-corrected chi connectivity index (χ0v) is 17.8. The molecule has 6 nitrogen and oxygen atoms in total. The number of nitrogens with one attached hydrogen (secondary N) is 3. The number of anilines is 1. The SMILES string of the molecule is CC[NH+](Cc1cccs1)[C@H](C)C(=O)Nc1ccc(S(=O)(=O)NC(C)C)cc1. The molecular weight excluding hydrogens is 382 g/mol. The molecule has 0 bridgehead atoms. The van der Waals surface area contributed by atoms with Crippen molar-refractivity contribution in [1.82, 2.24) is 4.72 Å². The summed E-state index contributed by atoms with van der Waals surface area (Å²) in [7, 11) is -3.53. The highest BCUT2D eigenvalue weighted by Crippen LogP contribution is 2.14. The number of rotatable bonds is 9. The van der Waals surface area contributed by atoms with Crippen molar-refractivity contribution in [2.24, 2.45) is 0 Å². The van der Waals surface area contributed by atoms with Crippen LogP contribution in [0.2, 0.25) is 0 Å². The molecule has 2 rings (SSSR count). The van der Waals surface area contributed by atoms with Gasteiger partial charge in [-0.25, -0.2) is 13.1 Å². The number of amides is 1. The summed E-state index contributed by atoms with van der Waals surface area (Å²) >= 11 is 1.69. The van der Waals surface area contributed by atoms with Crippen molar-refractivity contribution in [2.45, 2.75) is 51.2 Å². The molecular formula is C19H28N3O3S2+. The minimum absolute atomic E-state index is 0.0840. The molecule has 27 heavy (non-hydrogen) atoms. The molecule has 0 saturated heterocycles. The van der Waals surface area contributed by atoms with E-state index in [0.29, 0.717) is 5.69 Å². The van der Waals surface area contributed by atoms with E-state index in [9.17, 15) is 13.2 Å². The van der Waals surface area contributed by atoms with Crippen LogP contribution in [-0.4, -0.2) is 33.0 Å². The standard InChI is InChI=1S/C19H27N3O3S2/c1-5-22(13-17-7-6-12-26-17)15(4)19(23)20-16-8-10-18(11-9-16)27(24,25)21-14(2)3/h6-12,14-15,21H,5,13H2,1-4H3,(H,20,23)/p+1/t15-/m1/s1. The second-order valence-corrected chi connectivity index (χ2v) is 9.53. The maximum Gasteiger partial charge on any atom is 0.282 e. The molecule has 1 aromatic heterocycles. The molecule has 1 aromatic carbocycles. The van der Waals surface area contributed by atoms with Gasteiger partial charge in [0.15, 0.2) is 6.04 Å². The fraction of sp³-hybridized carbons (Fsp3) is 0.421. The molecule has 1 amide bonds. The van der Waals surface area contributed by atoms with E-state index in [4.69, 9.17) is 0 Å². The average molecular weight is 411 g/mol. The van der Waals surface area contributed by atoms with Crippen molar-refractivity contribution in [3.63, 3.8) is 0 Å². The van der Waals surface area contributed by atoms with Gasteiger partial charge in [0.2, 0.25) is 10.0 Å². The Labute approximate surface area is 165 Å². The van der Waals surface area contributed by atoms with Crippen LogP contribution >= 0.6 is 11.3 Å². The van der Waals surface area contributed by atoms with Crippen LogP contribution in [0.15, 0.2) is 46.7 Å². The lowest BCUT2D eigenvalue weighted by Gasteiger charge is -2.23. The van der Waals surface area contributed by atoms with Gasteiger partial charge in [-0.2, -0.15) is 0 Å². The molecule has 0 radical (unpaired) electrons. The van der Waals surface area contributed by atoms with Gasteiger partial charge >= 0.3 is 0 Å². The minimum Gasteiger partial charge on any atom is -0.321 e. The molecule has 2 atom stereocenters. The molecule has 2 aromatic rings. The lowest BCUT2D eigenvalue weighted by Crippen LogP contribution is -3.15. The van der Waals surface area contributed by atoms with Crippen LogP contribution in [0, 0.1) is 0 Å². The van der Waals surface area contributed by atoms with Gasteiger partial charge in [0, 0.05) is 11.7 Å².